The summed E-state index contributed by atoms with van der Waals surface area (Å²) in [6, 6.07) is 2.76. The van der Waals surface area contributed by atoms with E-state index in [0.29, 0.717) is 0 Å². The van der Waals surface area contributed by atoms with E-state index >= 15 is 0 Å². The van der Waals surface area contributed by atoms with E-state index in [9.17, 15) is 5.26 Å². The Morgan fingerprint density at radius 1 is 1.11 bits per heavy atom. The third-order valence-electron chi connectivity index (χ3n) is 6.70. The second-order valence-electron chi connectivity index (χ2n) is 8.11. The number of nitrogens with zero attached hydrogens (tertiary/aromatic N) is 1. The van der Waals surface area contributed by atoms with Crippen molar-refractivity contribution in [1.82, 2.24) is 0 Å². The number of fused-ring (bicyclic) bond motifs is 2. The first kappa shape index (κ1) is 13.5. The lowest BCUT2D eigenvalue weighted by Gasteiger charge is -2.39. The van der Waals surface area contributed by atoms with E-state index in [1.54, 1.807) is 0 Å². The Hall–Kier alpha value is -0.510. The minimum atomic E-state index is 0.0561. The molecule has 3 unspecified atom stereocenters. The van der Waals surface area contributed by atoms with E-state index in [4.69, 9.17) is 0 Å². The molecule has 0 radical (unpaired) electrons. The van der Waals surface area contributed by atoms with E-state index in [-0.39, 0.29) is 5.41 Å². The molecule has 106 valence electrons. The molecule has 1 heteroatoms. The fraction of sp³-hybridized carbons (Fsp3) is 0.944. The highest BCUT2D eigenvalue weighted by molar-refractivity contribution is 5.05. The van der Waals surface area contributed by atoms with Crippen LogP contribution < -0.4 is 0 Å². The molecular weight excluding hydrogens is 230 g/mol. The summed E-state index contributed by atoms with van der Waals surface area (Å²) in [7, 11) is 0. The first-order valence-corrected chi connectivity index (χ1v) is 8.53. The first-order valence-electron chi connectivity index (χ1n) is 8.53. The summed E-state index contributed by atoms with van der Waals surface area (Å²) in [5.41, 5.74) is 0.0561. The predicted octanol–water partition coefficient (Wildman–Crippen LogP) is 5.17. The minimum absolute atomic E-state index is 0.0561. The molecule has 19 heavy (non-hydrogen) atoms. The lowest BCUT2D eigenvalue weighted by Crippen LogP contribution is -2.31. The van der Waals surface area contributed by atoms with Gasteiger partial charge in [-0.15, -0.1) is 0 Å². The molecule has 3 aliphatic rings. The molecule has 3 fully saturated rings. The van der Waals surface area contributed by atoms with Gasteiger partial charge in [-0.05, 0) is 81.0 Å². The molecule has 0 N–H and O–H groups in total. The van der Waals surface area contributed by atoms with Crippen molar-refractivity contribution in [2.45, 2.75) is 71.6 Å². The molecule has 0 amide bonds. The fourth-order valence-electron chi connectivity index (χ4n) is 5.35. The van der Waals surface area contributed by atoms with Crippen LogP contribution in [0.3, 0.4) is 0 Å². The van der Waals surface area contributed by atoms with Crippen molar-refractivity contribution >= 4 is 0 Å². The van der Waals surface area contributed by atoms with Gasteiger partial charge < -0.3 is 0 Å². The van der Waals surface area contributed by atoms with Crippen LogP contribution in [-0.2, 0) is 0 Å². The number of nitriles is 1. The quantitative estimate of drug-likeness (QED) is 0.686. The van der Waals surface area contributed by atoms with Gasteiger partial charge in [0, 0.05) is 0 Å². The Morgan fingerprint density at radius 2 is 1.84 bits per heavy atom. The largest absolute Gasteiger partial charge is 0.198 e. The molecular formula is C18H29N. The van der Waals surface area contributed by atoms with Gasteiger partial charge >= 0.3 is 0 Å². The van der Waals surface area contributed by atoms with E-state index in [0.717, 1.165) is 29.6 Å². The van der Waals surface area contributed by atoms with Gasteiger partial charge in [-0.3, -0.25) is 0 Å². The normalized spacial score (nSPS) is 45.6. The molecule has 3 saturated carbocycles. The molecule has 0 saturated heterocycles. The minimum Gasteiger partial charge on any atom is -0.198 e. The second kappa shape index (κ2) is 5.12. The summed E-state index contributed by atoms with van der Waals surface area (Å²) in [5.74, 6) is 4.59. The van der Waals surface area contributed by atoms with Crippen LogP contribution in [0.25, 0.3) is 0 Å². The van der Waals surface area contributed by atoms with Crippen LogP contribution in [0.5, 0.6) is 0 Å². The summed E-state index contributed by atoms with van der Waals surface area (Å²) in [4.78, 5) is 0. The Morgan fingerprint density at radius 3 is 2.32 bits per heavy atom. The van der Waals surface area contributed by atoms with Crippen LogP contribution in [0.1, 0.15) is 71.6 Å². The van der Waals surface area contributed by atoms with Gasteiger partial charge in [0.25, 0.3) is 0 Å². The van der Waals surface area contributed by atoms with Crippen LogP contribution in [0.4, 0.5) is 0 Å². The zero-order valence-corrected chi connectivity index (χ0v) is 12.7. The van der Waals surface area contributed by atoms with E-state index in [1.165, 1.54) is 57.8 Å². The summed E-state index contributed by atoms with van der Waals surface area (Å²) < 4.78 is 0. The molecule has 2 bridgehead atoms. The van der Waals surface area contributed by atoms with Crippen LogP contribution in [0.2, 0.25) is 0 Å². The highest BCUT2D eigenvalue weighted by Gasteiger charge is 2.45. The van der Waals surface area contributed by atoms with E-state index in [1.807, 2.05) is 0 Å². The molecule has 0 aromatic heterocycles. The van der Waals surface area contributed by atoms with Crippen molar-refractivity contribution in [3.63, 3.8) is 0 Å². The third kappa shape index (κ3) is 2.56. The Balaban J connectivity index is 1.60. The van der Waals surface area contributed by atoms with Crippen LogP contribution in [0.15, 0.2) is 0 Å². The highest BCUT2D eigenvalue weighted by Crippen LogP contribution is 2.54. The van der Waals surface area contributed by atoms with Gasteiger partial charge in [0.1, 0.15) is 0 Å². The molecule has 0 heterocycles. The highest BCUT2D eigenvalue weighted by atomic mass is 14.5. The van der Waals surface area contributed by atoms with Crippen molar-refractivity contribution in [3.05, 3.63) is 0 Å². The predicted molar refractivity (Wildman–Crippen MR) is 78.4 cm³/mol. The van der Waals surface area contributed by atoms with Crippen LogP contribution >= 0.6 is 0 Å². The van der Waals surface area contributed by atoms with Crippen molar-refractivity contribution < 1.29 is 0 Å². The van der Waals surface area contributed by atoms with Crippen molar-refractivity contribution in [1.29, 1.82) is 5.26 Å². The standard InChI is InChI=1S/C18H29N/c1-13(2)15-5-7-18(12-19,8-6-15)11-17-10-14-3-4-16(17)9-14/h13-17H,3-11H2,1-2H3. The maximum atomic E-state index is 9.75. The van der Waals surface area contributed by atoms with Gasteiger partial charge in [-0.2, -0.15) is 5.26 Å². The molecule has 0 aromatic carbocycles. The molecule has 3 rings (SSSR count). The first-order chi connectivity index (χ1) is 9.12. The fourth-order valence-corrected chi connectivity index (χ4v) is 5.35. The van der Waals surface area contributed by atoms with Crippen molar-refractivity contribution in [2.24, 2.45) is 35.0 Å². The lowest BCUT2D eigenvalue weighted by molar-refractivity contribution is 0.129. The summed E-state index contributed by atoms with van der Waals surface area (Å²) in [6.07, 6.45) is 12.1. The number of hydrogen-bond acceptors (Lipinski definition) is 1. The van der Waals surface area contributed by atoms with Gasteiger partial charge in [-0.1, -0.05) is 20.3 Å². The molecule has 0 aliphatic heterocycles. The van der Waals surface area contributed by atoms with Crippen LogP contribution in [0, 0.1) is 46.3 Å². The molecule has 0 aromatic rings. The Bertz CT molecular complexity index is 356. The summed E-state index contributed by atoms with van der Waals surface area (Å²) in [6.45, 7) is 4.69. The topological polar surface area (TPSA) is 23.8 Å². The van der Waals surface area contributed by atoms with E-state index in [2.05, 4.69) is 19.9 Å². The van der Waals surface area contributed by atoms with Gasteiger partial charge in [-0.25, -0.2) is 0 Å². The molecule has 1 nitrogen and oxygen atoms in total. The van der Waals surface area contributed by atoms with Gasteiger partial charge in [0.05, 0.1) is 11.5 Å². The Kier molecular flexibility index (Phi) is 3.63. The number of rotatable bonds is 3. The van der Waals surface area contributed by atoms with Crippen LogP contribution in [-0.4, -0.2) is 0 Å². The maximum Gasteiger partial charge on any atom is 0.0689 e. The maximum absolute atomic E-state index is 9.75. The number of hydrogen-bond donors (Lipinski definition) is 0. The zero-order chi connectivity index (χ0) is 13.5. The van der Waals surface area contributed by atoms with Crippen molar-refractivity contribution in [3.8, 4) is 6.07 Å². The Labute approximate surface area is 118 Å². The molecule has 0 spiro atoms. The summed E-state index contributed by atoms with van der Waals surface area (Å²) in [5, 5.41) is 9.75. The van der Waals surface area contributed by atoms with Gasteiger partial charge in [0.2, 0.25) is 0 Å². The molecule has 3 aliphatic carbocycles. The average Bonchev–Trinajstić information content (AvgIpc) is 3.01. The van der Waals surface area contributed by atoms with Gasteiger partial charge in [0.15, 0.2) is 0 Å². The molecule has 3 atom stereocenters. The summed E-state index contributed by atoms with van der Waals surface area (Å²) >= 11 is 0. The monoisotopic (exact) mass is 259 g/mol. The lowest BCUT2D eigenvalue weighted by atomic mass is 9.64. The van der Waals surface area contributed by atoms with Crippen molar-refractivity contribution in [2.75, 3.05) is 0 Å². The SMILES string of the molecule is CC(C)C1CCC(C#N)(CC2CC3CCC2C3)CC1. The average molecular weight is 259 g/mol. The van der Waals surface area contributed by atoms with E-state index < -0.39 is 0 Å². The zero-order valence-electron chi connectivity index (χ0n) is 12.7. The smallest absolute Gasteiger partial charge is 0.0689 e. The third-order valence-corrected chi connectivity index (χ3v) is 6.70. The second-order valence-corrected chi connectivity index (χ2v) is 8.11.